The first-order chi connectivity index (χ1) is 9.47. The van der Waals surface area contributed by atoms with Gasteiger partial charge in [-0.1, -0.05) is 12.1 Å². The van der Waals surface area contributed by atoms with Crippen LogP contribution in [0.15, 0.2) is 39.5 Å². The van der Waals surface area contributed by atoms with Gasteiger partial charge in [0, 0.05) is 24.5 Å². The predicted octanol–water partition coefficient (Wildman–Crippen LogP) is 2.88. The third kappa shape index (κ3) is 3.46. The van der Waals surface area contributed by atoms with Gasteiger partial charge in [0.1, 0.15) is 0 Å². The second-order valence-electron chi connectivity index (χ2n) is 4.36. The molecule has 0 saturated carbocycles. The lowest BCUT2D eigenvalue weighted by atomic mass is 10.1. The lowest BCUT2D eigenvalue weighted by Gasteiger charge is -2.16. The monoisotopic (exact) mass is 352 g/mol. The number of hydrogen-bond donors (Lipinski definition) is 1. The highest BCUT2D eigenvalue weighted by Gasteiger charge is 2.13. The summed E-state index contributed by atoms with van der Waals surface area (Å²) in [4.78, 5) is 24.8. The summed E-state index contributed by atoms with van der Waals surface area (Å²) in [7, 11) is 1.75. The van der Waals surface area contributed by atoms with Crippen molar-refractivity contribution in [3.05, 3.63) is 56.2 Å². The van der Waals surface area contributed by atoms with Gasteiger partial charge in [0.2, 0.25) is 5.91 Å². The molecule has 0 bridgehead atoms. The van der Waals surface area contributed by atoms with E-state index in [9.17, 15) is 9.59 Å². The van der Waals surface area contributed by atoms with Gasteiger partial charge < -0.3 is 10.6 Å². The van der Waals surface area contributed by atoms with Crippen LogP contribution >= 0.6 is 27.3 Å². The number of nitrogens with zero attached hydrogens (tertiary/aromatic N) is 1. The van der Waals surface area contributed by atoms with Crippen LogP contribution in [-0.4, -0.2) is 23.8 Å². The zero-order valence-corrected chi connectivity index (χ0v) is 13.2. The molecule has 1 aromatic heterocycles. The van der Waals surface area contributed by atoms with Gasteiger partial charge in [-0.25, -0.2) is 0 Å². The number of halogens is 1. The minimum absolute atomic E-state index is 0.0362. The highest BCUT2D eigenvalue weighted by atomic mass is 79.9. The summed E-state index contributed by atoms with van der Waals surface area (Å²) >= 11 is 4.82. The number of primary amides is 1. The number of rotatable bonds is 4. The van der Waals surface area contributed by atoms with Crippen LogP contribution in [0.1, 0.15) is 26.3 Å². The number of nitrogens with two attached hydrogens (primary N) is 1. The van der Waals surface area contributed by atoms with Crippen molar-refractivity contribution < 1.29 is 9.59 Å². The Balaban J connectivity index is 2.05. The summed E-state index contributed by atoms with van der Waals surface area (Å²) in [5.74, 6) is -0.491. The Hall–Kier alpha value is -1.66. The smallest absolute Gasteiger partial charge is 0.254 e. The number of amides is 2. The van der Waals surface area contributed by atoms with E-state index in [0.717, 1.165) is 9.35 Å². The van der Waals surface area contributed by atoms with Crippen LogP contribution in [0.25, 0.3) is 0 Å². The molecule has 4 nitrogen and oxygen atoms in total. The second-order valence-corrected chi connectivity index (χ2v) is 6.65. The van der Waals surface area contributed by atoms with Crippen molar-refractivity contribution in [1.29, 1.82) is 0 Å². The van der Waals surface area contributed by atoms with Crippen LogP contribution in [0.4, 0.5) is 0 Å². The lowest BCUT2D eigenvalue weighted by Crippen LogP contribution is -2.25. The van der Waals surface area contributed by atoms with Crippen molar-refractivity contribution in [2.45, 2.75) is 6.54 Å². The largest absolute Gasteiger partial charge is 0.366 e. The topological polar surface area (TPSA) is 63.4 Å². The third-order valence-electron chi connectivity index (χ3n) is 2.82. The molecule has 2 amide bonds. The molecule has 104 valence electrons. The van der Waals surface area contributed by atoms with Crippen molar-refractivity contribution in [1.82, 2.24) is 4.90 Å². The Bertz CT molecular complexity index is 637. The first-order valence-electron chi connectivity index (χ1n) is 5.85. The summed E-state index contributed by atoms with van der Waals surface area (Å²) in [6.45, 7) is 0.478. The number of benzene rings is 1. The second kappa shape index (κ2) is 6.19. The molecular formula is C14H13BrN2O2S. The van der Waals surface area contributed by atoms with Crippen molar-refractivity contribution >= 4 is 39.1 Å². The van der Waals surface area contributed by atoms with Crippen LogP contribution < -0.4 is 5.73 Å². The van der Waals surface area contributed by atoms with E-state index in [1.54, 1.807) is 42.3 Å². The summed E-state index contributed by atoms with van der Waals surface area (Å²) in [6, 6.07) is 8.73. The Labute approximate surface area is 129 Å². The molecule has 0 fully saturated rings. The fourth-order valence-electron chi connectivity index (χ4n) is 1.76. The lowest BCUT2D eigenvalue weighted by molar-refractivity contribution is 0.0785. The predicted molar refractivity (Wildman–Crippen MR) is 82.8 cm³/mol. The van der Waals surface area contributed by atoms with E-state index in [1.807, 2.05) is 5.38 Å². The minimum Gasteiger partial charge on any atom is -0.366 e. The fourth-order valence-corrected chi connectivity index (χ4v) is 2.89. The molecule has 0 aliphatic carbocycles. The Morgan fingerprint density at radius 2 is 1.90 bits per heavy atom. The van der Waals surface area contributed by atoms with E-state index >= 15 is 0 Å². The van der Waals surface area contributed by atoms with Gasteiger partial charge in [-0.05, 0) is 39.7 Å². The summed E-state index contributed by atoms with van der Waals surface area (Å²) < 4.78 is 0.931. The van der Waals surface area contributed by atoms with Crippen LogP contribution in [0.3, 0.4) is 0 Å². The van der Waals surface area contributed by atoms with Crippen LogP contribution in [-0.2, 0) is 6.54 Å². The molecule has 0 aliphatic heterocycles. The van der Waals surface area contributed by atoms with Crippen molar-refractivity contribution in [3.8, 4) is 0 Å². The Morgan fingerprint density at radius 1 is 1.25 bits per heavy atom. The molecule has 2 rings (SSSR count). The van der Waals surface area contributed by atoms with Gasteiger partial charge in [-0.15, -0.1) is 11.3 Å². The van der Waals surface area contributed by atoms with E-state index in [-0.39, 0.29) is 5.91 Å². The van der Waals surface area contributed by atoms with Gasteiger partial charge in [-0.2, -0.15) is 0 Å². The van der Waals surface area contributed by atoms with Gasteiger partial charge in [-0.3, -0.25) is 9.59 Å². The van der Waals surface area contributed by atoms with E-state index < -0.39 is 5.91 Å². The quantitative estimate of drug-likeness (QED) is 0.919. The summed E-state index contributed by atoms with van der Waals surface area (Å²) in [5, 5.41) is 1.82. The van der Waals surface area contributed by atoms with Crippen LogP contribution in [0.2, 0.25) is 0 Å². The van der Waals surface area contributed by atoms with Gasteiger partial charge in [0.25, 0.3) is 5.91 Å². The number of thiophene rings is 1. The Kier molecular flexibility index (Phi) is 4.57. The molecule has 0 spiro atoms. The van der Waals surface area contributed by atoms with E-state index in [1.165, 1.54) is 11.3 Å². The molecule has 0 radical (unpaired) electrons. The van der Waals surface area contributed by atoms with Crippen molar-refractivity contribution in [2.75, 3.05) is 7.05 Å². The average Bonchev–Trinajstić information content (AvgIpc) is 2.85. The zero-order valence-electron chi connectivity index (χ0n) is 10.8. The normalized spacial score (nSPS) is 10.3. The SMILES string of the molecule is CN(Cc1ccc(C(N)=O)cc1)C(=O)c1csc(Br)c1. The van der Waals surface area contributed by atoms with Crippen molar-refractivity contribution in [3.63, 3.8) is 0 Å². The molecule has 0 aliphatic rings. The maximum Gasteiger partial charge on any atom is 0.254 e. The molecule has 1 heterocycles. The fraction of sp³-hybridized carbons (Fsp3) is 0.143. The van der Waals surface area contributed by atoms with E-state index in [4.69, 9.17) is 5.73 Å². The molecule has 2 aromatic rings. The first-order valence-corrected chi connectivity index (χ1v) is 7.53. The minimum atomic E-state index is -0.455. The summed E-state index contributed by atoms with van der Waals surface area (Å²) in [5.41, 5.74) is 7.26. The average molecular weight is 353 g/mol. The number of hydrogen-bond acceptors (Lipinski definition) is 3. The van der Waals surface area contributed by atoms with Gasteiger partial charge in [0.15, 0.2) is 0 Å². The van der Waals surface area contributed by atoms with E-state index in [0.29, 0.717) is 17.7 Å². The zero-order chi connectivity index (χ0) is 14.7. The van der Waals surface area contributed by atoms with Crippen LogP contribution in [0.5, 0.6) is 0 Å². The van der Waals surface area contributed by atoms with Gasteiger partial charge >= 0.3 is 0 Å². The highest BCUT2D eigenvalue weighted by molar-refractivity contribution is 9.11. The molecule has 6 heteroatoms. The maximum atomic E-state index is 12.2. The number of carbonyl (C=O) groups is 2. The number of carbonyl (C=O) groups excluding carboxylic acids is 2. The molecule has 20 heavy (non-hydrogen) atoms. The molecule has 0 unspecified atom stereocenters. The highest BCUT2D eigenvalue weighted by Crippen LogP contribution is 2.22. The molecule has 1 aromatic carbocycles. The Morgan fingerprint density at radius 3 is 2.40 bits per heavy atom. The molecular weight excluding hydrogens is 340 g/mol. The third-order valence-corrected chi connectivity index (χ3v) is 4.32. The summed E-state index contributed by atoms with van der Waals surface area (Å²) in [6.07, 6.45) is 0. The van der Waals surface area contributed by atoms with Crippen molar-refractivity contribution in [2.24, 2.45) is 5.73 Å². The molecule has 2 N–H and O–H groups in total. The molecule has 0 atom stereocenters. The maximum absolute atomic E-state index is 12.2. The van der Waals surface area contributed by atoms with Gasteiger partial charge in [0.05, 0.1) is 9.35 Å². The molecule has 0 saturated heterocycles. The van der Waals surface area contributed by atoms with Crippen LogP contribution in [0, 0.1) is 0 Å². The standard InChI is InChI=1S/C14H13BrN2O2S/c1-17(14(19)11-6-12(15)20-8-11)7-9-2-4-10(5-3-9)13(16)18/h2-6,8H,7H2,1H3,(H2,16,18). The first kappa shape index (κ1) is 14.7. The van der Waals surface area contributed by atoms with E-state index in [2.05, 4.69) is 15.9 Å².